The normalized spacial score (nSPS) is 23.6. The van der Waals surface area contributed by atoms with E-state index < -0.39 is 11.8 Å². The quantitative estimate of drug-likeness (QED) is 0.172. The minimum Gasteiger partial charge on any atom is -0.272 e. The monoisotopic (exact) mass is 478 g/mol. The van der Waals surface area contributed by atoms with E-state index in [-0.39, 0.29) is 23.7 Å². The lowest BCUT2D eigenvalue weighted by Gasteiger charge is -2.45. The molecule has 0 spiro atoms. The van der Waals surface area contributed by atoms with Gasteiger partial charge in [0.1, 0.15) is 0 Å². The smallest absolute Gasteiger partial charge is 0.254 e. The maximum absolute atomic E-state index is 13.9. The fraction of sp³-hybridized carbons (Fsp3) is 0.121. The summed E-state index contributed by atoms with van der Waals surface area (Å²) in [5.41, 5.74) is 5.58. The minimum atomic E-state index is -0.427. The lowest BCUT2D eigenvalue weighted by Crippen LogP contribution is -2.41. The van der Waals surface area contributed by atoms with Crippen LogP contribution in [-0.4, -0.2) is 23.0 Å². The molecule has 5 aromatic carbocycles. The molecule has 4 nitrogen and oxygen atoms in total. The predicted molar refractivity (Wildman–Crippen MR) is 144 cm³/mol. The number of amides is 2. The molecule has 2 amide bonds. The summed E-state index contributed by atoms with van der Waals surface area (Å²) in [6, 6.07) is 35.0. The van der Waals surface area contributed by atoms with E-state index in [4.69, 9.17) is 0 Å². The SMILES string of the molecule is O=C1[C@H]2C3c4ccccc4C(c4ccccc43)[C@@H]2C(=O)N1/N=C\c1c2ccccc2cc2ccccc12. The van der Waals surface area contributed by atoms with Crippen LogP contribution in [0.15, 0.2) is 108 Å². The highest BCUT2D eigenvalue weighted by molar-refractivity contribution is 6.14. The molecule has 5 aromatic rings. The van der Waals surface area contributed by atoms with Crippen molar-refractivity contribution in [2.24, 2.45) is 16.9 Å². The van der Waals surface area contributed by atoms with Crippen molar-refractivity contribution in [3.05, 3.63) is 131 Å². The molecular weight excluding hydrogens is 456 g/mol. The molecule has 0 N–H and O–H groups in total. The van der Waals surface area contributed by atoms with E-state index in [1.807, 2.05) is 48.5 Å². The predicted octanol–water partition coefficient (Wildman–Crippen LogP) is 6.22. The summed E-state index contributed by atoms with van der Waals surface area (Å²) in [6.07, 6.45) is 1.71. The number of hydrogen-bond acceptors (Lipinski definition) is 3. The van der Waals surface area contributed by atoms with Gasteiger partial charge in [-0.2, -0.15) is 10.1 Å². The molecule has 0 aromatic heterocycles. The number of benzene rings is 5. The number of imide groups is 1. The van der Waals surface area contributed by atoms with Crippen LogP contribution in [0.2, 0.25) is 0 Å². The summed E-state index contributed by atoms with van der Waals surface area (Å²) in [6.45, 7) is 0. The van der Waals surface area contributed by atoms with Gasteiger partial charge < -0.3 is 0 Å². The first-order valence-corrected chi connectivity index (χ1v) is 12.7. The molecule has 0 unspecified atom stereocenters. The molecule has 9 rings (SSSR count). The van der Waals surface area contributed by atoms with Gasteiger partial charge in [-0.05, 0) is 49.9 Å². The first kappa shape index (κ1) is 20.6. The molecule has 4 heteroatoms. The van der Waals surface area contributed by atoms with Crippen LogP contribution in [0.5, 0.6) is 0 Å². The van der Waals surface area contributed by atoms with Gasteiger partial charge in [-0.3, -0.25) is 9.59 Å². The molecular formula is C33H22N2O2. The Morgan fingerprint density at radius 3 is 1.43 bits per heavy atom. The van der Waals surface area contributed by atoms with Gasteiger partial charge in [0, 0.05) is 17.4 Å². The van der Waals surface area contributed by atoms with Crippen LogP contribution in [0.3, 0.4) is 0 Å². The number of fused-ring (bicyclic) bond motifs is 2. The van der Waals surface area contributed by atoms with Crippen molar-refractivity contribution in [1.82, 2.24) is 5.01 Å². The Balaban J connectivity index is 1.27. The van der Waals surface area contributed by atoms with Crippen LogP contribution in [0.25, 0.3) is 21.5 Å². The van der Waals surface area contributed by atoms with Crippen LogP contribution in [0.1, 0.15) is 39.7 Å². The van der Waals surface area contributed by atoms with Crippen LogP contribution in [0.4, 0.5) is 0 Å². The molecule has 1 saturated heterocycles. The number of carbonyl (C=O) groups is 2. The largest absolute Gasteiger partial charge is 0.272 e. The molecule has 2 atom stereocenters. The first-order chi connectivity index (χ1) is 18.2. The molecule has 0 saturated carbocycles. The van der Waals surface area contributed by atoms with Crippen molar-refractivity contribution in [3.63, 3.8) is 0 Å². The van der Waals surface area contributed by atoms with Crippen molar-refractivity contribution >= 4 is 39.6 Å². The summed E-state index contributed by atoms with van der Waals surface area (Å²) < 4.78 is 0. The van der Waals surface area contributed by atoms with Crippen molar-refractivity contribution < 1.29 is 9.59 Å². The summed E-state index contributed by atoms with van der Waals surface area (Å²) >= 11 is 0. The lowest BCUT2D eigenvalue weighted by molar-refractivity contribution is -0.139. The number of hydrogen-bond donors (Lipinski definition) is 0. The zero-order chi connectivity index (χ0) is 24.7. The van der Waals surface area contributed by atoms with E-state index in [2.05, 4.69) is 59.7 Å². The van der Waals surface area contributed by atoms with E-state index in [1.54, 1.807) is 6.21 Å². The van der Waals surface area contributed by atoms with E-state index in [9.17, 15) is 9.59 Å². The van der Waals surface area contributed by atoms with E-state index in [0.717, 1.165) is 32.1 Å². The molecule has 3 aliphatic carbocycles. The molecule has 37 heavy (non-hydrogen) atoms. The molecule has 0 radical (unpaired) electrons. The number of hydrazone groups is 1. The van der Waals surface area contributed by atoms with Crippen molar-refractivity contribution in [2.45, 2.75) is 11.8 Å². The Hall–Kier alpha value is -4.57. The third-order valence-electron chi connectivity index (χ3n) is 8.54. The van der Waals surface area contributed by atoms with Crippen LogP contribution < -0.4 is 0 Å². The minimum absolute atomic E-state index is 0.127. The zero-order valence-electron chi connectivity index (χ0n) is 19.9. The fourth-order valence-electron chi connectivity index (χ4n) is 7.08. The second-order valence-corrected chi connectivity index (χ2v) is 10.2. The van der Waals surface area contributed by atoms with Crippen LogP contribution in [-0.2, 0) is 9.59 Å². The second-order valence-electron chi connectivity index (χ2n) is 10.2. The van der Waals surface area contributed by atoms with Gasteiger partial charge in [0.25, 0.3) is 11.8 Å². The summed E-state index contributed by atoms with van der Waals surface area (Å²) in [5, 5.41) is 10.0. The maximum atomic E-state index is 13.9. The van der Waals surface area contributed by atoms with Gasteiger partial charge in [-0.15, -0.1) is 0 Å². The van der Waals surface area contributed by atoms with Crippen molar-refractivity contribution in [1.29, 1.82) is 0 Å². The molecule has 176 valence electrons. The van der Waals surface area contributed by atoms with E-state index in [0.29, 0.717) is 0 Å². The standard InChI is InChI=1S/C33H22N2O2/c36-32-30-28-23-13-5-6-14-24(23)29(26-16-8-7-15-25(26)28)31(30)33(37)35(32)34-18-27-21-11-3-1-9-19(21)17-20-10-2-4-12-22(20)27/h1-18,28-31H/b34-18-/t28?,29?,30-,31-/m0/s1. The Morgan fingerprint density at radius 2 is 0.973 bits per heavy atom. The van der Waals surface area contributed by atoms with Crippen LogP contribution >= 0.6 is 0 Å². The zero-order valence-corrected chi connectivity index (χ0v) is 19.9. The molecule has 4 aliphatic rings. The molecule has 1 heterocycles. The average Bonchev–Trinajstić information content (AvgIpc) is 3.20. The number of carbonyl (C=O) groups excluding carboxylic acids is 2. The van der Waals surface area contributed by atoms with Gasteiger partial charge in [0.05, 0.1) is 18.1 Å². The third kappa shape index (κ3) is 2.70. The maximum Gasteiger partial charge on any atom is 0.254 e. The number of nitrogens with zero attached hydrogens (tertiary/aromatic N) is 2. The molecule has 1 aliphatic heterocycles. The summed E-state index contributed by atoms with van der Waals surface area (Å²) in [7, 11) is 0. The highest BCUT2D eigenvalue weighted by atomic mass is 16.2. The van der Waals surface area contributed by atoms with Crippen molar-refractivity contribution in [3.8, 4) is 0 Å². The second kappa shape index (κ2) is 7.47. The van der Waals surface area contributed by atoms with Gasteiger partial charge in [0.2, 0.25) is 0 Å². The topological polar surface area (TPSA) is 49.7 Å². The highest BCUT2D eigenvalue weighted by Crippen LogP contribution is 2.60. The summed E-state index contributed by atoms with van der Waals surface area (Å²) in [4.78, 5) is 27.8. The van der Waals surface area contributed by atoms with E-state index in [1.165, 1.54) is 22.3 Å². The lowest BCUT2D eigenvalue weighted by atomic mass is 9.55. The van der Waals surface area contributed by atoms with Gasteiger partial charge in [0.15, 0.2) is 0 Å². The van der Waals surface area contributed by atoms with Crippen molar-refractivity contribution in [2.75, 3.05) is 0 Å². The first-order valence-electron chi connectivity index (χ1n) is 12.7. The Kier molecular flexibility index (Phi) is 4.16. The van der Waals surface area contributed by atoms with Gasteiger partial charge in [-0.1, -0.05) is 97.1 Å². The average molecular weight is 479 g/mol. The molecule has 2 bridgehead atoms. The summed E-state index contributed by atoms with van der Waals surface area (Å²) in [5.74, 6) is -1.51. The Bertz CT molecular complexity index is 1650. The van der Waals surface area contributed by atoms with Gasteiger partial charge >= 0.3 is 0 Å². The fourth-order valence-corrected chi connectivity index (χ4v) is 7.08. The highest BCUT2D eigenvalue weighted by Gasteiger charge is 2.61. The van der Waals surface area contributed by atoms with Crippen LogP contribution in [0, 0.1) is 11.8 Å². The van der Waals surface area contributed by atoms with Gasteiger partial charge in [-0.25, -0.2) is 0 Å². The number of rotatable bonds is 2. The Morgan fingerprint density at radius 1 is 0.568 bits per heavy atom. The Labute approximate surface area is 213 Å². The molecule has 1 fully saturated rings. The van der Waals surface area contributed by atoms with E-state index >= 15 is 0 Å². The third-order valence-corrected chi connectivity index (χ3v) is 8.54.